The fraction of sp³-hybridized carbons (Fsp3) is 0.923. The smallest absolute Gasteiger partial charge is 0.306 e. The number of cyclic esters (lactones) is 1. The summed E-state index contributed by atoms with van der Waals surface area (Å²) in [5, 5.41) is 0. The number of esters is 1. The minimum absolute atomic E-state index is 0.0230. The first-order chi connectivity index (χ1) is 7.24. The van der Waals surface area contributed by atoms with Crippen LogP contribution < -0.4 is 0 Å². The summed E-state index contributed by atoms with van der Waals surface area (Å²) in [6, 6.07) is 0. The lowest BCUT2D eigenvalue weighted by atomic mass is 9.87. The van der Waals surface area contributed by atoms with Gasteiger partial charge in [0.2, 0.25) is 0 Å². The van der Waals surface area contributed by atoms with Crippen LogP contribution in [0.25, 0.3) is 0 Å². The summed E-state index contributed by atoms with van der Waals surface area (Å²) < 4.78 is 5.43. The molecule has 86 valence electrons. The molecule has 1 aliphatic heterocycles. The molecule has 0 aromatic heterocycles. The van der Waals surface area contributed by atoms with Gasteiger partial charge >= 0.3 is 5.97 Å². The first-order valence-corrected chi connectivity index (χ1v) is 6.44. The fourth-order valence-corrected chi connectivity index (χ4v) is 3.38. The van der Waals surface area contributed by atoms with Crippen molar-refractivity contribution in [2.24, 2.45) is 17.8 Å². The molecule has 2 aliphatic rings. The van der Waals surface area contributed by atoms with Crippen molar-refractivity contribution in [1.82, 2.24) is 0 Å². The van der Waals surface area contributed by atoms with Crippen molar-refractivity contribution < 1.29 is 9.53 Å². The van der Waals surface area contributed by atoms with Gasteiger partial charge in [-0.15, -0.1) is 0 Å². The second kappa shape index (κ2) is 4.54. The molecule has 0 bridgehead atoms. The van der Waals surface area contributed by atoms with Crippen LogP contribution >= 0.6 is 0 Å². The summed E-state index contributed by atoms with van der Waals surface area (Å²) >= 11 is 0. The van der Waals surface area contributed by atoms with Crippen LogP contribution in [0.1, 0.15) is 52.4 Å². The molecule has 2 heteroatoms. The number of ether oxygens (including phenoxy) is 1. The van der Waals surface area contributed by atoms with Crippen molar-refractivity contribution in [2.45, 2.75) is 58.5 Å². The standard InChI is InChI=1S/C13H22O2/c1-3-9-7-10(4-2)11(8-9)12-5-6-13(14)15-12/h9-12H,3-8H2,1-2H3. The Kier molecular flexibility index (Phi) is 3.32. The number of hydrogen-bond acceptors (Lipinski definition) is 2. The zero-order chi connectivity index (χ0) is 10.8. The highest BCUT2D eigenvalue weighted by molar-refractivity contribution is 5.71. The summed E-state index contributed by atoms with van der Waals surface area (Å²) in [6.45, 7) is 4.55. The van der Waals surface area contributed by atoms with Crippen LogP contribution in [0.2, 0.25) is 0 Å². The molecule has 2 nitrogen and oxygen atoms in total. The van der Waals surface area contributed by atoms with Crippen LogP contribution in [0.5, 0.6) is 0 Å². The second-order valence-electron chi connectivity index (χ2n) is 5.14. The van der Waals surface area contributed by atoms with Gasteiger partial charge in [0.15, 0.2) is 0 Å². The number of carbonyl (C=O) groups is 1. The molecule has 0 radical (unpaired) electrons. The Hall–Kier alpha value is -0.530. The van der Waals surface area contributed by atoms with Gasteiger partial charge < -0.3 is 4.74 Å². The predicted octanol–water partition coefficient (Wildman–Crippen LogP) is 3.15. The van der Waals surface area contributed by atoms with E-state index in [0.717, 1.165) is 18.3 Å². The van der Waals surface area contributed by atoms with E-state index in [9.17, 15) is 4.79 Å². The molecule has 0 N–H and O–H groups in total. The van der Waals surface area contributed by atoms with Crippen molar-refractivity contribution in [3.63, 3.8) is 0 Å². The maximum Gasteiger partial charge on any atom is 0.306 e. The predicted molar refractivity (Wildman–Crippen MR) is 59.4 cm³/mol. The maximum absolute atomic E-state index is 11.1. The van der Waals surface area contributed by atoms with Crippen LogP contribution in [0, 0.1) is 17.8 Å². The highest BCUT2D eigenvalue weighted by Crippen LogP contribution is 2.44. The van der Waals surface area contributed by atoms with E-state index in [0.29, 0.717) is 12.3 Å². The molecule has 15 heavy (non-hydrogen) atoms. The van der Waals surface area contributed by atoms with Crippen molar-refractivity contribution in [1.29, 1.82) is 0 Å². The molecule has 4 atom stereocenters. The normalized spacial score (nSPS) is 40.8. The summed E-state index contributed by atoms with van der Waals surface area (Å²) in [4.78, 5) is 11.1. The number of hydrogen-bond donors (Lipinski definition) is 0. The highest BCUT2D eigenvalue weighted by Gasteiger charge is 2.41. The van der Waals surface area contributed by atoms with E-state index < -0.39 is 0 Å². The van der Waals surface area contributed by atoms with Gasteiger partial charge in [0.05, 0.1) is 0 Å². The lowest BCUT2D eigenvalue weighted by Gasteiger charge is -2.23. The van der Waals surface area contributed by atoms with Crippen LogP contribution in [-0.4, -0.2) is 12.1 Å². The second-order valence-corrected chi connectivity index (χ2v) is 5.14. The zero-order valence-electron chi connectivity index (χ0n) is 9.87. The van der Waals surface area contributed by atoms with Gasteiger partial charge in [0.25, 0.3) is 0 Å². The highest BCUT2D eigenvalue weighted by atomic mass is 16.5. The minimum Gasteiger partial charge on any atom is -0.462 e. The monoisotopic (exact) mass is 210 g/mol. The molecule has 0 amide bonds. The van der Waals surface area contributed by atoms with Crippen LogP contribution in [-0.2, 0) is 9.53 Å². The molecule has 1 heterocycles. The Morgan fingerprint density at radius 2 is 2.07 bits per heavy atom. The van der Waals surface area contributed by atoms with E-state index in [-0.39, 0.29) is 12.1 Å². The summed E-state index contributed by atoms with van der Waals surface area (Å²) in [6.07, 6.45) is 7.03. The van der Waals surface area contributed by atoms with E-state index in [2.05, 4.69) is 13.8 Å². The van der Waals surface area contributed by atoms with Crippen molar-refractivity contribution in [2.75, 3.05) is 0 Å². The molecule has 1 saturated carbocycles. The average Bonchev–Trinajstić information content (AvgIpc) is 2.82. The summed E-state index contributed by atoms with van der Waals surface area (Å²) in [5.41, 5.74) is 0. The van der Waals surface area contributed by atoms with Crippen molar-refractivity contribution in [3.8, 4) is 0 Å². The van der Waals surface area contributed by atoms with Gasteiger partial charge in [0.1, 0.15) is 6.10 Å². The van der Waals surface area contributed by atoms with Gasteiger partial charge in [0, 0.05) is 6.42 Å². The Labute approximate surface area is 92.4 Å². The summed E-state index contributed by atoms with van der Waals surface area (Å²) in [5.74, 6) is 2.35. The van der Waals surface area contributed by atoms with E-state index in [1.165, 1.54) is 25.7 Å². The van der Waals surface area contributed by atoms with Gasteiger partial charge in [-0.2, -0.15) is 0 Å². The third-order valence-corrected chi connectivity index (χ3v) is 4.34. The van der Waals surface area contributed by atoms with E-state index in [1.54, 1.807) is 0 Å². The molecule has 4 unspecified atom stereocenters. The van der Waals surface area contributed by atoms with Gasteiger partial charge in [-0.25, -0.2) is 0 Å². The number of rotatable bonds is 3. The molecule has 2 fully saturated rings. The third kappa shape index (κ3) is 2.19. The SMILES string of the molecule is CCC1CC(CC)C(C2CCC(=O)O2)C1. The number of carbonyl (C=O) groups excluding carboxylic acids is 1. The van der Waals surface area contributed by atoms with E-state index >= 15 is 0 Å². The lowest BCUT2D eigenvalue weighted by molar-refractivity contribution is -0.143. The van der Waals surface area contributed by atoms with Crippen LogP contribution in [0.15, 0.2) is 0 Å². The maximum atomic E-state index is 11.1. The Bertz CT molecular complexity index is 237. The Balaban J connectivity index is 1.98. The Morgan fingerprint density at radius 3 is 2.60 bits per heavy atom. The zero-order valence-corrected chi connectivity index (χ0v) is 9.87. The van der Waals surface area contributed by atoms with Crippen molar-refractivity contribution >= 4 is 5.97 Å². The molecule has 0 aromatic rings. The molecule has 1 saturated heterocycles. The molecule has 1 aliphatic carbocycles. The quantitative estimate of drug-likeness (QED) is 0.669. The molecular weight excluding hydrogens is 188 g/mol. The van der Waals surface area contributed by atoms with Gasteiger partial charge in [-0.05, 0) is 37.0 Å². The molecule has 2 rings (SSSR count). The van der Waals surface area contributed by atoms with Crippen molar-refractivity contribution in [3.05, 3.63) is 0 Å². The first kappa shape index (κ1) is 11.0. The summed E-state index contributed by atoms with van der Waals surface area (Å²) in [7, 11) is 0. The molecule has 0 spiro atoms. The van der Waals surface area contributed by atoms with Gasteiger partial charge in [-0.3, -0.25) is 4.79 Å². The van der Waals surface area contributed by atoms with E-state index in [4.69, 9.17) is 4.74 Å². The van der Waals surface area contributed by atoms with E-state index in [1.807, 2.05) is 0 Å². The van der Waals surface area contributed by atoms with Crippen LogP contribution in [0.3, 0.4) is 0 Å². The fourth-order valence-electron chi connectivity index (χ4n) is 3.38. The van der Waals surface area contributed by atoms with Crippen LogP contribution in [0.4, 0.5) is 0 Å². The topological polar surface area (TPSA) is 26.3 Å². The molecular formula is C13H22O2. The van der Waals surface area contributed by atoms with Gasteiger partial charge in [-0.1, -0.05) is 26.7 Å². The third-order valence-electron chi connectivity index (χ3n) is 4.34. The lowest BCUT2D eigenvalue weighted by Crippen LogP contribution is -2.23. The first-order valence-electron chi connectivity index (χ1n) is 6.44. The molecule has 0 aromatic carbocycles. The average molecular weight is 210 g/mol. The Morgan fingerprint density at radius 1 is 1.27 bits per heavy atom. The minimum atomic E-state index is 0.0230. The largest absolute Gasteiger partial charge is 0.462 e.